The Morgan fingerprint density at radius 1 is 1.31 bits per heavy atom. The second-order valence-corrected chi connectivity index (χ2v) is 8.50. The summed E-state index contributed by atoms with van der Waals surface area (Å²) in [7, 11) is 0. The number of hydrogen-bond acceptors (Lipinski definition) is 3. The van der Waals surface area contributed by atoms with Gasteiger partial charge in [0.25, 0.3) is 5.69 Å². The molecule has 0 atom stereocenters. The number of nitro benzene ring substituents is 1. The summed E-state index contributed by atoms with van der Waals surface area (Å²) in [6.07, 6.45) is 5.87. The molecule has 0 unspecified atom stereocenters. The van der Waals surface area contributed by atoms with Crippen molar-refractivity contribution >= 4 is 11.4 Å². The van der Waals surface area contributed by atoms with Crippen LogP contribution in [0.15, 0.2) is 18.2 Å². The summed E-state index contributed by atoms with van der Waals surface area (Å²) in [5, 5.41) is 11.9. The highest BCUT2D eigenvalue weighted by atomic mass is 16.6. The normalized spacial score (nSPS) is 15.7. The molecular formula is C21H31N3O2. The molecule has 1 saturated carbocycles. The number of anilines is 1. The molecule has 0 heterocycles. The molecule has 0 saturated heterocycles. The van der Waals surface area contributed by atoms with Crippen LogP contribution in [0, 0.1) is 22.6 Å². The Morgan fingerprint density at radius 2 is 1.96 bits per heavy atom. The zero-order valence-electron chi connectivity index (χ0n) is 16.5. The van der Waals surface area contributed by atoms with Gasteiger partial charge in [0, 0.05) is 18.7 Å². The van der Waals surface area contributed by atoms with Gasteiger partial charge in [0.05, 0.1) is 10.3 Å². The minimum absolute atomic E-state index is 0.173. The van der Waals surface area contributed by atoms with Crippen molar-refractivity contribution in [2.45, 2.75) is 71.3 Å². The Morgan fingerprint density at radius 3 is 2.50 bits per heavy atom. The molecule has 0 amide bonds. The SMILES string of the molecule is [C-]#[N+]CC(C)(C)c1ccc(N(CC(C)C)C2CCCCC2)c([N+](=O)[O-])c1. The van der Waals surface area contributed by atoms with Crippen molar-refractivity contribution in [3.63, 3.8) is 0 Å². The summed E-state index contributed by atoms with van der Waals surface area (Å²) in [5.41, 5.74) is 1.38. The summed E-state index contributed by atoms with van der Waals surface area (Å²) in [6.45, 7) is 16.6. The highest BCUT2D eigenvalue weighted by Crippen LogP contribution is 2.37. The van der Waals surface area contributed by atoms with Crippen molar-refractivity contribution in [3.8, 4) is 0 Å². The molecule has 0 N–H and O–H groups in total. The van der Waals surface area contributed by atoms with E-state index in [1.807, 2.05) is 26.0 Å². The molecule has 2 rings (SSSR count). The summed E-state index contributed by atoms with van der Waals surface area (Å²) in [5.74, 6) is 0.440. The first-order chi connectivity index (χ1) is 12.3. The zero-order chi connectivity index (χ0) is 19.3. The molecule has 0 spiro atoms. The van der Waals surface area contributed by atoms with Crippen LogP contribution in [-0.4, -0.2) is 24.1 Å². The fourth-order valence-corrected chi connectivity index (χ4v) is 3.85. The van der Waals surface area contributed by atoms with Crippen LogP contribution >= 0.6 is 0 Å². The fraction of sp³-hybridized carbons (Fsp3) is 0.667. The summed E-state index contributed by atoms with van der Waals surface area (Å²) in [6, 6.07) is 5.96. The van der Waals surface area contributed by atoms with Gasteiger partial charge in [-0.15, -0.1) is 0 Å². The Hall–Kier alpha value is -2.09. The van der Waals surface area contributed by atoms with Crippen molar-refractivity contribution in [1.82, 2.24) is 0 Å². The second kappa shape index (κ2) is 8.53. The predicted molar refractivity (Wildman–Crippen MR) is 107 cm³/mol. The van der Waals surface area contributed by atoms with Gasteiger partial charge < -0.3 is 9.74 Å². The van der Waals surface area contributed by atoms with Gasteiger partial charge in [-0.25, -0.2) is 6.57 Å². The van der Waals surface area contributed by atoms with E-state index in [1.165, 1.54) is 19.3 Å². The van der Waals surface area contributed by atoms with E-state index in [2.05, 4.69) is 23.6 Å². The van der Waals surface area contributed by atoms with Gasteiger partial charge in [-0.2, -0.15) is 0 Å². The van der Waals surface area contributed by atoms with Crippen LogP contribution in [0.4, 0.5) is 11.4 Å². The van der Waals surface area contributed by atoms with Crippen LogP contribution < -0.4 is 4.90 Å². The lowest BCUT2D eigenvalue weighted by Gasteiger charge is -2.37. The van der Waals surface area contributed by atoms with Crippen LogP contribution in [0.5, 0.6) is 0 Å². The molecule has 5 nitrogen and oxygen atoms in total. The largest absolute Gasteiger partial charge is 0.363 e. The molecule has 1 aromatic carbocycles. The Labute approximate surface area is 157 Å². The van der Waals surface area contributed by atoms with Crippen LogP contribution in [0.25, 0.3) is 4.85 Å². The first-order valence-electron chi connectivity index (χ1n) is 9.65. The Bertz CT molecular complexity index is 670. The van der Waals surface area contributed by atoms with Crippen molar-refractivity contribution in [2.75, 3.05) is 18.0 Å². The Balaban J connectivity index is 2.47. The highest BCUT2D eigenvalue weighted by Gasteiger charge is 2.31. The van der Waals surface area contributed by atoms with Gasteiger partial charge in [-0.05, 0) is 44.2 Å². The standard InChI is InChI=1S/C21H31N3O2/c1-16(2)14-23(18-9-7-6-8-10-18)19-12-11-17(13-20(19)24(25)26)21(3,4)15-22-5/h11-13,16,18H,6-10,14-15H2,1-4H3. The van der Waals surface area contributed by atoms with E-state index in [-0.39, 0.29) is 10.6 Å². The van der Waals surface area contributed by atoms with E-state index in [0.717, 1.165) is 30.6 Å². The maximum Gasteiger partial charge on any atom is 0.292 e. The number of nitrogens with zero attached hydrogens (tertiary/aromatic N) is 3. The van der Waals surface area contributed by atoms with Gasteiger partial charge in [0.15, 0.2) is 0 Å². The molecule has 0 bridgehead atoms. The van der Waals surface area contributed by atoms with E-state index >= 15 is 0 Å². The summed E-state index contributed by atoms with van der Waals surface area (Å²) < 4.78 is 0. The van der Waals surface area contributed by atoms with Crippen LogP contribution in [0.2, 0.25) is 0 Å². The third kappa shape index (κ3) is 4.75. The molecule has 1 aromatic rings. The van der Waals surface area contributed by atoms with Crippen LogP contribution in [0.1, 0.15) is 65.4 Å². The summed E-state index contributed by atoms with van der Waals surface area (Å²) in [4.78, 5) is 17.4. The number of hydrogen-bond donors (Lipinski definition) is 0. The molecule has 142 valence electrons. The predicted octanol–water partition coefficient (Wildman–Crippen LogP) is 5.59. The smallest absolute Gasteiger partial charge is 0.292 e. The van der Waals surface area contributed by atoms with Crippen molar-refractivity contribution in [2.24, 2.45) is 5.92 Å². The topological polar surface area (TPSA) is 50.7 Å². The van der Waals surface area contributed by atoms with E-state index in [9.17, 15) is 10.1 Å². The van der Waals surface area contributed by atoms with Crippen LogP contribution in [-0.2, 0) is 5.41 Å². The average molecular weight is 357 g/mol. The van der Waals surface area contributed by atoms with E-state index in [1.54, 1.807) is 6.07 Å². The zero-order valence-corrected chi connectivity index (χ0v) is 16.5. The molecule has 0 aromatic heterocycles. The maximum atomic E-state index is 11.9. The molecule has 5 heteroatoms. The minimum atomic E-state index is -0.390. The first-order valence-corrected chi connectivity index (χ1v) is 9.65. The Kier molecular flexibility index (Phi) is 6.63. The molecule has 0 aliphatic heterocycles. The van der Waals surface area contributed by atoms with Crippen LogP contribution in [0.3, 0.4) is 0 Å². The third-order valence-electron chi connectivity index (χ3n) is 5.31. The van der Waals surface area contributed by atoms with Crippen molar-refractivity contribution in [1.29, 1.82) is 0 Å². The number of benzene rings is 1. The number of nitro groups is 1. The quantitative estimate of drug-likeness (QED) is 0.363. The lowest BCUT2D eigenvalue weighted by molar-refractivity contribution is -0.384. The van der Waals surface area contributed by atoms with Crippen molar-refractivity contribution in [3.05, 3.63) is 45.3 Å². The van der Waals surface area contributed by atoms with Gasteiger partial charge in [-0.1, -0.05) is 39.2 Å². The second-order valence-electron chi connectivity index (χ2n) is 8.50. The van der Waals surface area contributed by atoms with E-state index in [4.69, 9.17) is 6.57 Å². The maximum absolute atomic E-state index is 11.9. The summed E-state index contributed by atoms with van der Waals surface area (Å²) >= 11 is 0. The highest BCUT2D eigenvalue weighted by molar-refractivity contribution is 5.65. The first kappa shape index (κ1) is 20.2. The van der Waals surface area contributed by atoms with Crippen molar-refractivity contribution < 1.29 is 4.92 Å². The monoisotopic (exact) mass is 357 g/mol. The third-order valence-corrected chi connectivity index (χ3v) is 5.31. The van der Waals surface area contributed by atoms with E-state index in [0.29, 0.717) is 18.5 Å². The molecule has 1 aliphatic rings. The van der Waals surface area contributed by atoms with Gasteiger partial charge in [0.1, 0.15) is 5.69 Å². The molecule has 1 fully saturated rings. The number of rotatable bonds is 7. The lowest BCUT2D eigenvalue weighted by atomic mass is 9.84. The lowest BCUT2D eigenvalue weighted by Crippen LogP contribution is -2.39. The van der Waals surface area contributed by atoms with Gasteiger partial charge in [-0.3, -0.25) is 10.1 Å². The molecule has 1 aliphatic carbocycles. The van der Waals surface area contributed by atoms with Gasteiger partial charge in [0.2, 0.25) is 6.54 Å². The van der Waals surface area contributed by atoms with Gasteiger partial charge >= 0.3 is 0 Å². The average Bonchev–Trinajstić information content (AvgIpc) is 2.59. The molecular weight excluding hydrogens is 326 g/mol. The molecule has 26 heavy (non-hydrogen) atoms. The molecule has 0 radical (unpaired) electrons. The van der Waals surface area contributed by atoms with E-state index < -0.39 is 5.41 Å². The minimum Gasteiger partial charge on any atom is -0.363 e. The fourth-order valence-electron chi connectivity index (χ4n) is 3.85.